The van der Waals surface area contributed by atoms with E-state index in [1.54, 1.807) is 14.0 Å². The maximum absolute atomic E-state index is 12.2. The molecule has 0 saturated heterocycles. The number of carbonyl (C=O) groups is 1. The van der Waals surface area contributed by atoms with E-state index in [2.05, 4.69) is 19.2 Å². The second kappa shape index (κ2) is 9.70. The van der Waals surface area contributed by atoms with Gasteiger partial charge in [0.2, 0.25) is 0 Å². The molecule has 1 amide bonds. The maximum atomic E-state index is 12.2. The zero-order valence-electron chi connectivity index (χ0n) is 15.8. The third-order valence-electron chi connectivity index (χ3n) is 3.94. The van der Waals surface area contributed by atoms with Gasteiger partial charge in [-0.25, -0.2) is 0 Å². The van der Waals surface area contributed by atoms with Gasteiger partial charge in [-0.1, -0.05) is 32.0 Å². The molecule has 0 aliphatic carbocycles. The number of ether oxygens (including phenoxy) is 3. The number of amides is 1. The van der Waals surface area contributed by atoms with Gasteiger partial charge in [0.1, 0.15) is 23.9 Å². The van der Waals surface area contributed by atoms with Crippen molar-refractivity contribution < 1.29 is 19.0 Å². The lowest BCUT2D eigenvalue weighted by Crippen LogP contribution is -2.38. The Morgan fingerprint density at radius 1 is 1.00 bits per heavy atom. The number of methoxy groups -OCH3 is 1. The van der Waals surface area contributed by atoms with Crippen molar-refractivity contribution >= 4 is 5.91 Å². The van der Waals surface area contributed by atoms with Gasteiger partial charge in [-0.15, -0.1) is 0 Å². The first-order valence-corrected chi connectivity index (χ1v) is 8.81. The van der Waals surface area contributed by atoms with E-state index in [4.69, 9.17) is 14.2 Å². The highest BCUT2D eigenvalue weighted by atomic mass is 16.5. The van der Waals surface area contributed by atoms with Gasteiger partial charge < -0.3 is 19.5 Å². The molecule has 5 nitrogen and oxygen atoms in total. The largest absolute Gasteiger partial charge is 0.497 e. The lowest BCUT2D eigenvalue weighted by molar-refractivity contribution is -0.127. The summed E-state index contributed by atoms with van der Waals surface area (Å²) in [6.45, 7) is 6.74. The van der Waals surface area contributed by atoms with Crippen LogP contribution in [0.25, 0.3) is 0 Å². The molecule has 0 unspecified atom stereocenters. The minimum absolute atomic E-state index is 0.165. The molecular weight excluding hydrogens is 330 g/mol. The van der Waals surface area contributed by atoms with Crippen molar-refractivity contribution in [3.63, 3.8) is 0 Å². The molecule has 140 valence electrons. The summed E-state index contributed by atoms with van der Waals surface area (Å²) in [5.74, 6) is 2.43. The fourth-order valence-electron chi connectivity index (χ4n) is 2.47. The standard InChI is InChI=1S/C21H27NO4/c1-15(2)19-7-5-6-8-20(19)26-16(3)21(23)22-13-14-25-18-11-9-17(24-4)10-12-18/h5-12,15-16H,13-14H2,1-4H3,(H,22,23)/t16-/m0/s1. The maximum Gasteiger partial charge on any atom is 0.260 e. The van der Waals surface area contributed by atoms with E-state index in [0.29, 0.717) is 19.1 Å². The quantitative estimate of drug-likeness (QED) is 0.694. The Labute approximate surface area is 155 Å². The summed E-state index contributed by atoms with van der Waals surface area (Å²) in [7, 11) is 1.62. The molecule has 0 aromatic heterocycles. The topological polar surface area (TPSA) is 56.8 Å². The molecule has 26 heavy (non-hydrogen) atoms. The zero-order chi connectivity index (χ0) is 18.9. The lowest BCUT2D eigenvalue weighted by atomic mass is 10.0. The van der Waals surface area contributed by atoms with Crippen molar-refractivity contribution in [1.29, 1.82) is 0 Å². The number of rotatable bonds is 9. The Hall–Kier alpha value is -2.69. The van der Waals surface area contributed by atoms with Crippen LogP contribution in [0.2, 0.25) is 0 Å². The molecule has 0 heterocycles. The van der Waals surface area contributed by atoms with E-state index in [9.17, 15) is 4.79 Å². The number of hydrogen-bond acceptors (Lipinski definition) is 4. The fourth-order valence-corrected chi connectivity index (χ4v) is 2.47. The Morgan fingerprint density at radius 3 is 2.31 bits per heavy atom. The molecule has 2 rings (SSSR count). The van der Waals surface area contributed by atoms with Crippen LogP contribution in [0.5, 0.6) is 17.2 Å². The molecule has 0 aliphatic heterocycles. The van der Waals surface area contributed by atoms with E-state index in [1.165, 1.54) is 0 Å². The number of carbonyl (C=O) groups excluding carboxylic acids is 1. The Morgan fingerprint density at radius 2 is 1.65 bits per heavy atom. The summed E-state index contributed by atoms with van der Waals surface area (Å²) in [6, 6.07) is 15.1. The average Bonchev–Trinajstić information content (AvgIpc) is 2.65. The lowest BCUT2D eigenvalue weighted by Gasteiger charge is -2.18. The summed E-state index contributed by atoms with van der Waals surface area (Å²) < 4.78 is 16.5. The highest BCUT2D eigenvalue weighted by molar-refractivity contribution is 5.80. The molecule has 5 heteroatoms. The van der Waals surface area contributed by atoms with Gasteiger partial charge in [-0.3, -0.25) is 4.79 Å². The third-order valence-corrected chi connectivity index (χ3v) is 3.94. The molecule has 0 aliphatic rings. The number of benzene rings is 2. The number of nitrogens with one attached hydrogen (secondary N) is 1. The Kier molecular flexibility index (Phi) is 7.33. The summed E-state index contributed by atoms with van der Waals surface area (Å²) in [5.41, 5.74) is 1.09. The average molecular weight is 357 g/mol. The molecular formula is C21H27NO4. The van der Waals surface area contributed by atoms with Crippen molar-refractivity contribution in [3.05, 3.63) is 54.1 Å². The van der Waals surface area contributed by atoms with Crippen LogP contribution in [0.1, 0.15) is 32.3 Å². The van der Waals surface area contributed by atoms with Crippen LogP contribution in [-0.2, 0) is 4.79 Å². The number of para-hydroxylation sites is 1. The van der Waals surface area contributed by atoms with Gasteiger partial charge >= 0.3 is 0 Å². The predicted molar refractivity (Wildman–Crippen MR) is 102 cm³/mol. The first-order valence-electron chi connectivity index (χ1n) is 8.81. The van der Waals surface area contributed by atoms with Crippen LogP contribution in [0.3, 0.4) is 0 Å². The van der Waals surface area contributed by atoms with Crippen molar-refractivity contribution in [2.75, 3.05) is 20.3 Å². The second-order valence-electron chi connectivity index (χ2n) is 6.27. The first kappa shape index (κ1) is 19.6. The predicted octanol–water partition coefficient (Wildman–Crippen LogP) is 3.78. The van der Waals surface area contributed by atoms with Crippen molar-refractivity contribution in [1.82, 2.24) is 5.32 Å². The normalized spacial score (nSPS) is 11.7. The van der Waals surface area contributed by atoms with Crippen LogP contribution >= 0.6 is 0 Å². The van der Waals surface area contributed by atoms with Crippen LogP contribution in [-0.4, -0.2) is 32.3 Å². The summed E-state index contributed by atoms with van der Waals surface area (Å²) in [6.07, 6.45) is -0.573. The van der Waals surface area contributed by atoms with Crippen LogP contribution in [0.15, 0.2) is 48.5 Å². The first-order chi connectivity index (χ1) is 12.5. The molecule has 0 saturated carbocycles. The van der Waals surface area contributed by atoms with E-state index in [-0.39, 0.29) is 5.91 Å². The van der Waals surface area contributed by atoms with Gasteiger partial charge in [0.05, 0.1) is 13.7 Å². The summed E-state index contributed by atoms with van der Waals surface area (Å²) >= 11 is 0. The number of hydrogen-bond donors (Lipinski definition) is 1. The van der Waals surface area contributed by atoms with Crippen LogP contribution in [0, 0.1) is 0 Å². The van der Waals surface area contributed by atoms with Gasteiger partial charge in [0.15, 0.2) is 6.10 Å². The smallest absolute Gasteiger partial charge is 0.260 e. The fraction of sp³-hybridized carbons (Fsp3) is 0.381. The SMILES string of the molecule is COc1ccc(OCCNC(=O)[C@H](C)Oc2ccccc2C(C)C)cc1. The molecule has 1 N–H and O–H groups in total. The van der Waals surface area contributed by atoms with Crippen molar-refractivity contribution in [3.8, 4) is 17.2 Å². The summed E-state index contributed by atoms with van der Waals surface area (Å²) in [5, 5.41) is 2.83. The molecule has 0 spiro atoms. The third kappa shape index (κ3) is 5.69. The zero-order valence-corrected chi connectivity index (χ0v) is 15.8. The Bertz CT molecular complexity index is 697. The summed E-state index contributed by atoms with van der Waals surface area (Å²) in [4.78, 5) is 12.2. The van der Waals surface area contributed by atoms with Crippen LogP contribution in [0.4, 0.5) is 0 Å². The minimum Gasteiger partial charge on any atom is -0.497 e. The van der Waals surface area contributed by atoms with E-state index in [1.807, 2.05) is 48.5 Å². The minimum atomic E-state index is -0.573. The van der Waals surface area contributed by atoms with Gasteiger partial charge in [0, 0.05) is 0 Å². The van der Waals surface area contributed by atoms with Gasteiger partial charge in [-0.05, 0) is 48.7 Å². The Balaban J connectivity index is 1.76. The highest BCUT2D eigenvalue weighted by Crippen LogP contribution is 2.26. The van der Waals surface area contributed by atoms with Crippen molar-refractivity contribution in [2.45, 2.75) is 32.8 Å². The molecule has 1 atom stereocenters. The van der Waals surface area contributed by atoms with Gasteiger partial charge in [-0.2, -0.15) is 0 Å². The molecule has 2 aromatic carbocycles. The van der Waals surface area contributed by atoms with Crippen LogP contribution < -0.4 is 19.5 Å². The molecule has 0 radical (unpaired) electrons. The monoisotopic (exact) mass is 357 g/mol. The van der Waals surface area contributed by atoms with Gasteiger partial charge in [0.25, 0.3) is 5.91 Å². The van der Waals surface area contributed by atoms with Crippen molar-refractivity contribution in [2.24, 2.45) is 0 Å². The van der Waals surface area contributed by atoms with E-state index >= 15 is 0 Å². The van der Waals surface area contributed by atoms with E-state index in [0.717, 1.165) is 22.8 Å². The molecule has 0 bridgehead atoms. The van der Waals surface area contributed by atoms with E-state index < -0.39 is 6.10 Å². The highest BCUT2D eigenvalue weighted by Gasteiger charge is 2.16. The molecule has 2 aromatic rings. The molecule has 0 fully saturated rings. The second-order valence-corrected chi connectivity index (χ2v) is 6.27.